The first kappa shape index (κ1) is 20.2. The van der Waals surface area contributed by atoms with Crippen LogP contribution < -0.4 is 0 Å². The van der Waals surface area contributed by atoms with E-state index in [-0.39, 0.29) is 24.5 Å². The number of hydrogen-bond acceptors (Lipinski definition) is 8. The minimum atomic E-state index is -3.96. The van der Waals surface area contributed by atoms with Gasteiger partial charge in [0.1, 0.15) is 22.7 Å². The molecule has 27 heavy (non-hydrogen) atoms. The summed E-state index contributed by atoms with van der Waals surface area (Å²) in [6, 6.07) is 3.64. The number of aromatic nitrogens is 2. The second-order valence-corrected chi connectivity index (χ2v) is 9.57. The quantitative estimate of drug-likeness (QED) is 0.717. The third kappa shape index (κ3) is 4.14. The Balaban J connectivity index is 1.81. The maximum atomic E-state index is 13.0. The van der Waals surface area contributed by atoms with Crippen molar-refractivity contribution in [1.29, 1.82) is 0 Å². The molecule has 3 rings (SSSR count). The van der Waals surface area contributed by atoms with Crippen LogP contribution in [0.15, 0.2) is 23.1 Å². The molecule has 1 N–H and O–H groups in total. The first-order chi connectivity index (χ1) is 12.7. The number of nitrogens with zero attached hydrogens (tertiary/aromatic N) is 3. The van der Waals surface area contributed by atoms with Crippen LogP contribution in [0.3, 0.4) is 0 Å². The van der Waals surface area contributed by atoms with E-state index in [1.54, 1.807) is 12.1 Å². The first-order valence-electron chi connectivity index (χ1n) is 8.10. The van der Waals surface area contributed by atoms with Gasteiger partial charge < -0.3 is 9.84 Å². The molecule has 11 heteroatoms. The molecule has 0 amide bonds. The van der Waals surface area contributed by atoms with E-state index in [4.69, 9.17) is 16.3 Å². The summed E-state index contributed by atoms with van der Waals surface area (Å²) in [5, 5.41) is 13.7. The van der Waals surface area contributed by atoms with Crippen LogP contribution in [0.25, 0.3) is 0 Å². The maximum absolute atomic E-state index is 13.0. The van der Waals surface area contributed by atoms with Gasteiger partial charge in [0.15, 0.2) is 0 Å². The summed E-state index contributed by atoms with van der Waals surface area (Å²) in [6.07, 6.45) is -0.986. The highest BCUT2D eigenvalue weighted by atomic mass is 35.5. The van der Waals surface area contributed by atoms with Gasteiger partial charge >= 0.3 is 5.97 Å². The second-order valence-electron chi connectivity index (χ2n) is 6.33. The number of carbonyl (C=O) groups is 1. The number of rotatable bonds is 5. The summed E-state index contributed by atoms with van der Waals surface area (Å²) in [6.45, 7) is 3.31. The van der Waals surface area contributed by atoms with Gasteiger partial charge in [-0.1, -0.05) is 22.2 Å². The van der Waals surface area contributed by atoms with Gasteiger partial charge in [-0.05, 0) is 37.1 Å². The number of aryl methyl sites for hydroxylation is 2. The van der Waals surface area contributed by atoms with Crippen LogP contribution in [-0.4, -0.2) is 52.1 Å². The van der Waals surface area contributed by atoms with E-state index < -0.39 is 28.1 Å². The molecule has 1 aliphatic rings. The minimum absolute atomic E-state index is 0.0358. The number of esters is 1. The molecule has 1 aromatic carbocycles. The zero-order chi connectivity index (χ0) is 19.8. The molecule has 1 saturated heterocycles. The number of halogens is 1. The summed E-state index contributed by atoms with van der Waals surface area (Å²) in [7, 11) is -3.96. The van der Waals surface area contributed by atoms with Crippen molar-refractivity contribution in [3.05, 3.63) is 39.4 Å². The Morgan fingerprint density at radius 3 is 2.78 bits per heavy atom. The van der Waals surface area contributed by atoms with E-state index in [9.17, 15) is 18.3 Å². The molecular weight excluding hydrogens is 414 g/mol. The highest BCUT2D eigenvalue weighted by Gasteiger charge is 2.44. The van der Waals surface area contributed by atoms with E-state index in [0.29, 0.717) is 10.0 Å². The lowest BCUT2D eigenvalue weighted by Crippen LogP contribution is -2.41. The fourth-order valence-electron chi connectivity index (χ4n) is 2.79. The SMILES string of the molecule is Cc1ccc(S(=O)(=O)N2CC(O)C[C@H]2C(=O)OCc2nnsc2Cl)cc1C. The number of ether oxygens (including phenoxy) is 1. The molecule has 0 radical (unpaired) electrons. The summed E-state index contributed by atoms with van der Waals surface area (Å²) < 4.78 is 36.1. The molecule has 0 bridgehead atoms. The predicted molar refractivity (Wildman–Crippen MR) is 98.9 cm³/mol. The molecule has 1 unspecified atom stereocenters. The molecule has 2 atom stereocenters. The smallest absolute Gasteiger partial charge is 0.324 e. The number of β-amino-alcohol motifs (C(OH)–C–C–N with tert-alkyl or cyclic N) is 1. The fraction of sp³-hybridized carbons (Fsp3) is 0.438. The number of benzene rings is 1. The fourth-order valence-corrected chi connectivity index (χ4v) is 5.11. The summed E-state index contributed by atoms with van der Waals surface area (Å²) in [5.74, 6) is -0.761. The Morgan fingerprint density at radius 2 is 2.15 bits per heavy atom. The van der Waals surface area contributed by atoms with Crippen LogP contribution in [0.4, 0.5) is 0 Å². The van der Waals surface area contributed by atoms with Gasteiger partial charge in [-0.15, -0.1) is 5.10 Å². The maximum Gasteiger partial charge on any atom is 0.324 e. The summed E-state index contributed by atoms with van der Waals surface area (Å²) in [4.78, 5) is 12.6. The topological polar surface area (TPSA) is 110 Å². The van der Waals surface area contributed by atoms with Gasteiger partial charge in [0.2, 0.25) is 10.0 Å². The molecule has 1 fully saturated rings. The highest BCUT2D eigenvalue weighted by Crippen LogP contribution is 2.28. The van der Waals surface area contributed by atoms with Gasteiger partial charge in [-0.3, -0.25) is 4.79 Å². The zero-order valence-corrected chi connectivity index (χ0v) is 17.0. The van der Waals surface area contributed by atoms with Gasteiger partial charge in [-0.25, -0.2) is 8.42 Å². The van der Waals surface area contributed by atoms with Crippen LogP contribution in [0.2, 0.25) is 4.34 Å². The number of aliphatic hydroxyl groups excluding tert-OH is 1. The lowest BCUT2D eigenvalue weighted by atomic mass is 10.1. The van der Waals surface area contributed by atoms with Crippen molar-refractivity contribution in [1.82, 2.24) is 13.9 Å². The summed E-state index contributed by atoms with van der Waals surface area (Å²) in [5.41, 5.74) is 2.08. The molecule has 0 aliphatic carbocycles. The predicted octanol–water partition coefficient (Wildman–Crippen LogP) is 1.68. The van der Waals surface area contributed by atoms with Gasteiger partial charge in [0.25, 0.3) is 0 Å². The van der Waals surface area contributed by atoms with Crippen molar-refractivity contribution >= 4 is 39.1 Å². The van der Waals surface area contributed by atoms with Crippen LogP contribution in [0.5, 0.6) is 0 Å². The molecule has 0 saturated carbocycles. The standard InChI is InChI=1S/C16H18ClN3O5S2/c1-9-3-4-12(5-10(9)2)27(23,24)20-7-11(21)6-14(20)16(22)25-8-13-15(17)26-19-18-13/h3-5,11,14,21H,6-8H2,1-2H3/t11?,14-/m0/s1. The number of sulfonamides is 1. The molecule has 1 aromatic heterocycles. The van der Waals surface area contributed by atoms with Crippen LogP contribution in [0.1, 0.15) is 23.2 Å². The average Bonchev–Trinajstić information content (AvgIpc) is 3.21. The molecule has 2 aromatic rings. The normalized spacial score (nSPS) is 20.7. The largest absolute Gasteiger partial charge is 0.458 e. The van der Waals surface area contributed by atoms with Crippen molar-refractivity contribution in [2.45, 2.75) is 43.9 Å². The lowest BCUT2D eigenvalue weighted by Gasteiger charge is -2.22. The van der Waals surface area contributed by atoms with E-state index in [0.717, 1.165) is 27.0 Å². The molecule has 1 aliphatic heterocycles. The molecule has 8 nitrogen and oxygen atoms in total. The van der Waals surface area contributed by atoms with E-state index in [1.807, 2.05) is 13.8 Å². The van der Waals surface area contributed by atoms with Crippen LogP contribution in [0, 0.1) is 13.8 Å². The van der Waals surface area contributed by atoms with Crippen molar-refractivity contribution < 1.29 is 23.1 Å². The van der Waals surface area contributed by atoms with Crippen LogP contribution in [-0.2, 0) is 26.2 Å². The Hall–Kier alpha value is -1.59. The molecule has 2 heterocycles. The van der Waals surface area contributed by atoms with Gasteiger partial charge in [-0.2, -0.15) is 4.31 Å². The van der Waals surface area contributed by atoms with Gasteiger partial charge in [0, 0.05) is 24.5 Å². The number of hydrogen-bond donors (Lipinski definition) is 1. The Kier molecular flexibility index (Phi) is 5.82. The average molecular weight is 432 g/mol. The van der Waals surface area contributed by atoms with Crippen LogP contribution >= 0.6 is 23.1 Å². The van der Waals surface area contributed by atoms with E-state index in [1.165, 1.54) is 6.07 Å². The van der Waals surface area contributed by atoms with Crippen molar-refractivity contribution in [3.8, 4) is 0 Å². The minimum Gasteiger partial charge on any atom is -0.458 e. The summed E-state index contributed by atoms with van der Waals surface area (Å²) >= 11 is 6.83. The Labute approximate surface area is 165 Å². The van der Waals surface area contributed by atoms with Crippen molar-refractivity contribution in [3.63, 3.8) is 0 Å². The molecule has 146 valence electrons. The second kappa shape index (κ2) is 7.80. The van der Waals surface area contributed by atoms with Gasteiger partial charge in [0.05, 0.1) is 11.0 Å². The monoisotopic (exact) mass is 431 g/mol. The number of aliphatic hydroxyl groups is 1. The molecular formula is C16H18ClN3O5S2. The zero-order valence-electron chi connectivity index (χ0n) is 14.6. The third-order valence-electron chi connectivity index (χ3n) is 4.45. The molecule has 0 spiro atoms. The highest BCUT2D eigenvalue weighted by molar-refractivity contribution is 7.89. The lowest BCUT2D eigenvalue weighted by molar-refractivity contribution is -0.149. The first-order valence-corrected chi connectivity index (χ1v) is 10.7. The Bertz CT molecular complexity index is 963. The van der Waals surface area contributed by atoms with Crippen molar-refractivity contribution in [2.24, 2.45) is 0 Å². The van der Waals surface area contributed by atoms with Crippen molar-refractivity contribution in [2.75, 3.05) is 6.54 Å². The van der Waals surface area contributed by atoms with E-state index >= 15 is 0 Å². The number of carbonyl (C=O) groups excluding carboxylic acids is 1. The third-order valence-corrected chi connectivity index (χ3v) is 7.31. The van der Waals surface area contributed by atoms with E-state index in [2.05, 4.69) is 9.59 Å². The Morgan fingerprint density at radius 1 is 1.41 bits per heavy atom.